The maximum Gasteiger partial charge on any atom is 0.354 e. The summed E-state index contributed by atoms with van der Waals surface area (Å²) in [5, 5.41) is 18.6. The van der Waals surface area contributed by atoms with Gasteiger partial charge >= 0.3 is 11.9 Å². The second-order valence-corrected chi connectivity index (χ2v) is 7.19. The number of hydrogen-bond donors (Lipinski definition) is 2. The van der Waals surface area contributed by atoms with Gasteiger partial charge in [-0.2, -0.15) is 0 Å². The van der Waals surface area contributed by atoms with Gasteiger partial charge in [0.2, 0.25) is 11.9 Å². The minimum absolute atomic E-state index is 0.0395. The Morgan fingerprint density at radius 3 is 2.35 bits per heavy atom. The van der Waals surface area contributed by atoms with E-state index in [1.807, 2.05) is 4.90 Å². The highest BCUT2D eigenvalue weighted by molar-refractivity contribution is 5.85. The Balaban J connectivity index is 1.75. The third-order valence-electron chi connectivity index (χ3n) is 5.37. The molecular formula is C17H22N4O5. The van der Waals surface area contributed by atoms with Crippen LogP contribution >= 0.6 is 0 Å². The summed E-state index contributed by atoms with van der Waals surface area (Å²) in [7, 11) is 0. The first-order valence-electron chi connectivity index (χ1n) is 8.55. The van der Waals surface area contributed by atoms with E-state index in [1.165, 1.54) is 17.9 Å². The lowest BCUT2D eigenvalue weighted by atomic mass is 9.76. The molecule has 2 aliphatic rings. The Kier molecular flexibility index (Phi) is 4.55. The quantitative estimate of drug-likeness (QED) is 0.808. The number of carbonyl (C=O) groups excluding carboxylic acids is 1. The highest BCUT2D eigenvalue weighted by atomic mass is 16.4. The number of aryl methyl sites for hydroxylation is 1. The Bertz CT molecular complexity index is 734. The molecule has 1 atom stereocenters. The van der Waals surface area contributed by atoms with Gasteiger partial charge in [-0.3, -0.25) is 4.79 Å². The molecule has 26 heavy (non-hydrogen) atoms. The van der Waals surface area contributed by atoms with Crippen LogP contribution in [0.1, 0.15) is 42.4 Å². The molecule has 3 heterocycles. The van der Waals surface area contributed by atoms with E-state index in [2.05, 4.69) is 9.97 Å². The first kappa shape index (κ1) is 18.1. The average molecular weight is 362 g/mol. The summed E-state index contributed by atoms with van der Waals surface area (Å²) >= 11 is 0. The largest absolute Gasteiger partial charge is 0.480 e. The lowest BCUT2D eigenvalue weighted by molar-refractivity contribution is -0.147. The summed E-state index contributed by atoms with van der Waals surface area (Å²) in [6, 6.07) is 0.657. The maximum absolute atomic E-state index is 11.8. The molecule has 2 fully saturated rings. The molecule has 2 N–H and O–H groups in total. The lowest BCUT2D eigenvalue weighted by Crippen LogP contribution is -2.43. The molecule has 0 aromatic carbocycles. The van der Waals surface area contributed by atoms with Crippen molar-refractivity contribution in [3.63, 3.8) is 0 Å². The van der Waals surface area contributed by atoms with E-state index in [0.29, 0.717) is 50.5 Å². The molecule has 1 aromatic heterocycles. The standard InChI is InChI=1S/C17H22N4O5/c1-10-7-12(14(23)24)19-16(18-10)20-5-3-17(4-6-20)8-13(15(25)26)21(9-17)11(2)22/h7,13H,3-6,8-9H2,1-2H3,(H,23,24)(H,25,26)/t13-/m1/s1. The van der Waals surface area contributed by atoms with Gasteiger partial charge in [-0.15, -0.1) is 0 Å². The number of anilines is 1. The van der Waals surface area contributed by atoms with Gasteiger partial charge in [-0.25, -0.2) is 19.6 Å². The number of carboxylic acids is 2. The SMILES string of the molecule is CC(=O)N1CC2(CCN(c3nc(C)cc(C(=O)O)n3)CC2)C[C@@H]1C(=O)O. The van der Waals surface area contributed by atoms with Gasteiger partial charge in [-0.05, 0) is 37.7 Å². The van der Waals surface area contributed by atoms with Gasteiger partial charge in [-0.1, -0.05) is 0 Å². The number of aliphatic carboxylic acids is 1. The van der Waals surface area contributed by atoms with E-state index in [9.17, 15) is 19.5 Å². The van der Waals surface area contributed by atoms with Crippen LogP contribution in [0.2, 0.25) is 0 Å². The second kappa shape index (κ2) is 6.54. The van der Waals surface area contributed by atoms with Crippen molar-refractivity contribution in [1.29, 1.82) is 0 Å². The smallest absolute Gasteiger partial charge is 0.354 e. The molecule has 0 saturated carbocycles. The average Bonchev–Trinajstić information content (AvgIpc) is 2.95. The van der Waals surface area contributed by atoms with Crippen molar-refractivity contribution in [1.82, 2.24) is 14.9 Å². The van der Waals surface area contributed by atoms with Gasteiger partial charge in [0.15, 0.2) is 5.69 Å². The topological polar surface area (TPSA) is 124 Å². The van der Waals surface area contributed by atoms with Crippen molar-refractivity contribution >= 4 is 23.8 Å². The number of rotatable bonds is 3. The van der Waals surface area contributed by atoms with Gasteiger partial charge in [0.05, 0.1) is 0 Å². The normalized spacial score (nSPS) is 21.8. The molecule has 2 saturated heterocycles. The number of carboxylic acid groups (broad SMARTS) is 2. The van der Waals surface area contributed by atoms with Crippen LogP contribution in [-0.2, 0) is 9.59 Å². The molecule has 1 aromatic rings. The molecular weight excluding hydrogens is 340 g/mol. The van der Waals surface area contributed by atoms with E-state index < -0.39 is 18.0 Å². The van der Waals surface area contributed by atoms with Gasteiger partial charge in [0, 0.05) is 32.3 Å². The third-order valence-corrected chi connectivity index (χ3v) is 5.37. The van der Waals surface area contributed by atoms with E-state index in [0.717, 1.165) is 0 Å². The van der Waals surface area contributed by atoms with E-state index in [4.69, 9.17) is 5.11 Å². The second-order valence-electron chi connectivity index (χ2n) is 7.19. The number of likely N-dealkylation sites (tertiary alicyclic amines) is 1. The van der Waals surface area contributed by atoms with Crippen LogP contribution in [0.4, 0.5) is 5.95 Å². The zero-order chi connectivity index (χ0) is 19.1. The lowest BCUT2D eigenvalue weighted by Gasteiger charge is -2.39. The molecule has 9 nitrogen and oxygen atoms in total. The van der Waals surface area contributed by atoms with Crippen LogP contribution in [0.15, 0.2) is 6.07 Å². The van der Waals surface area contributed by atoms with Crippen LogP contribution < -0.4 is 4.90 Å². The Labute approximate surface area is 150 Å². The monoisotopic (exact) mass is 362 g/mol. The summed E-state index contributed by atoms with van der Waals surface area (Å²) in [5.74, 6) is -1.90. The van der Waals surface area contributed by atoms with Crippen LogP contribution in [0, 0.1) is 12.3 Å². The van der Waals surface area contributed by atoms with Crippen LogP contribution in [-0.4, -0.2) is 68.6 Å². The van der Waals surface area contributed by atoms with Gasteiger partial charge in [0.1, 0.15) is 6.04 Å². The molecule has 140 valence electrons. The maximum atomic E-state index is 11.8. The summed E-state index contributed by atoms with van der Waals surface area (Å²) in [6.45, 7) is 4.77. The molecule has 1 amide bonds. The predicted octanol–water partition coefficient (Wildman–Crippen LogP) is 0.775. The molecule has 3 rings (SSSR count). The number of nitrogens with zero attached hydrogens (tertiary/aromatic N) is 4. The van der Waals surface area contributed by atoms with E-state index in [1.54, 1.807) is 6.92 Å². The Hall–Kier alpha value is -2.71. The van der Waals surface area contributed by atoms with E-state index in [-0.39, 0.29) is 17.0 Å². The van der Waals surface area contributed by atoms with Crippen molar-refractivity contribution < 1.29 is 24.6 Å². The van der Waals surface area contributed by atoms with E-state index >= 15 is 0 Å². The van der Waals surface area contributed by atoms with Crippen molar-refractivity contribution in [2.24, 2.45) is 5.41 Å². The number of carbonyl (C=O) groups is 3. The predicted molar refractivity (Wildman–Crippen MR) is 91.0 cm³/mol. The number of hydrogen-bond acceptors (Lipinski definition) is 6. The molecule has 0 bridgehead atoms. The first-order valence-corrected chi connectivity index (χ1v) is 8.55. The highest BCUT2D eigenvalue weighted by Gasteiger charge is 2.49. The summed E-state index contributed by atoms with van der Waals surface area (Å²) in [5.41, 5.74) is 0.328. The van der Waals surface area contributed by atoms with Gasteiger partial charge < -0.3 is 20.0 Å². The number of amides is 1. The summed E-state index contributed by atoms with van der Waals surface area (Å²) in [6.07, 6.45) is 1.87. The minimum atomic E-state index is -1.09. The molecule has 0 radical (unpaired) electrons. The summed E-state index contributed by atoms with van der Waals surface area (Å²) < 4.78 is 0. The Morgan fingerprint density at radius 1 is 1.19 bits per heavy atom. The zero-order valence-electron chi connectivity index (χ0n) is 14.8. The molecule has 2 aliphatic heterocycles. The third kappa shape index (κ3) is 3.33. The van der Waals surface area contributed by atoms with Crippen molar-refractivity contribution in [2.45, 2.75) is 39.2 Å². The molecule has 9 heteroatoms. The van der Waals surface area contributed by atoms with Crippen LogP contribution in [0.25, 0.3) is 0 Å². The van der Waals surface area contributed by atoms with Crippen molar-refractivity contribution in [3.8, 4) is 0 Å². The molecule has 0 unspecified atom stereocenters. The number of aromatic nitrogens is 2. The Morgan fingerprint density at radius 2 is 1.85 bits per heavy atom. The van der Waals surface area contributed by atoms with Crippen molar-refractivity contribution in [3.05, 3.63) is 17.5 Å². The van der Waals surface area contributed by atoms with Gasteiger partial charge in [0.25, 0.3) is 0 Å². The molecule has 0 aliphatic carbocycles. The van der Waals surface area contributed by atoms with Crippen molar-refractivity contribution in [2.75, 3.05) is 24.5 Å². The molecule has 1 spiro atoms. The minimum Gasteiger partial charge on any atom is -0.480 e. The fourth-order valence-electron chi connectivity index (χ4n) is 3.96. The van der Waals surface area contributed by atoms with Crippen LogP contribution in [0.3, 0.4) is 0 Å². The zero-order valence-corrected chi connectivity index (χ0v) is 14.8. The fraction of sp³-hybridized carbons (Fsp3) is 0.588. The highest BCUT2D eigenvalue weighted by Crippen LogP contribution is 2.43. The summed E-state index contributed by atoms with van der Waals surface area (Å²) in [4.78, 5) is 46.3. The van der Waals surface area contributed by atoms with Crippen LogP contribution in [0.5, 0.6) is 0 Å². The number of aromatic carboxylic acids is 1. The fourth-order valence-corrected chi connectivity index (χ4v) is 3.96. The number of piperidine rings is 1. The first-order chi connectivity index (χ1) is 12.2.